The standard InChI is InChI=1S/C12H21N3O/c16-10-12(4-1-2-5-12)14-6-3-8-15-9-7-13-11-15/h7,9,11,14,16H,1-6,8,10H2. The molecule has 4 heteroatoms. The van der Waals surface area contributed by atoms with Crippen LogP contribution in [0.2, 0.25) is 0 Å². The van der Waals surface area contributed by atoms with E-state index in [1.807, 2.05) is 12.5 Å². The van der Waals surface area contributed by atoms with Gasteiger partial charge in [0.15, 0.2) is 0 Å². The number of hydrogen-bond donors (Lipinski definition) is 2. The SMILES string of the molecule is OCC1(NCCCn2ccnc2)CCCC1. The highest BCUT2D eigenvalue weighted by molar-refractivity contribution is 4.91. The fraction of sp³-hybridized carbons (Fsp3) is 0.750. The topological polar surface area (TPSA) is 50.1 Å². The van der Waals surface area contributed by atoms with Crippen molar-refractivity contribution in [2.45, 2.75) is 44.2 Å². The fourth-order valence-corrected chi connectivity index (χ4v) is 2.48. The van der Waals surface area contributed by atoms with Crippen molar-refractivity contribution >= 4 is 0 Å². The summed E-state index contributed by atoms with van der Waals surface area (Å²) >= 11 is 0. The van der Waals surface area contributed by atoms with E-state index in [9.17, 15) is 5.11 Å². The molecule has 90 valence electrons. The summed E-state index contributed by atoms with van der Waals surface area (Å²) in [5.74, 6) is 0. The minimum absolute atomic E-state index is 0.0228. The molecule has 0 bridgehead atoms. The van der Waals surface area contributed by atoms with Gasteiger partial charge in [0, 0.05) is 24.5 Å². The molecule has 1 heterocycles. The Labute approximate surface area is 96.7 Å². The van der Waals surface area contributed by atoms with Crippen molar-refractivity contribution in [3.63, 3.8) is 0 Å². The number of imidazole rings is 1. The zero-order valence-electron chi connectivity index (χ0n) is 9.73. The van der Waals surface area contributed by atoms with Crippen LogP contribution in [0.25, 0.3) is 0 Å². The van der Waals surface area contributed by atoms with Crippen LogP contribution >= 0.6 is 0 Å². The molecular formula is C12H21N3O. The molecule has 2 N–H and O–H groups in total. The highest BCUT2D eigenvalue weighted by Gasteiger charge is 2.31. The molecule has 0 amide bonds. The van der Waals surface area contributed by atoms with Gasteiger partial charge in [-0.3, -0.25) is 0 Å². The van der Waals surface area contributed by atoms with E-state index in [0.717, 1.165) is 32.4 Å². The van der Waals surface area contributed by atoms with E-state index in [1.54, 1.807) is 6.20 Å². The Morgan fingerprint density at radius 2 is 2.19 bits per heavy atom. The molecule has 0 saturated heterocycles. The van der Waals surface area contributed by atoms with Gasteiger partial charge >= 0.3 is 0 Å². The van der Waals surface area contributed by atoms with Crippen LogP contribution in [0.3, 0.4) is 0 Å². The number of aliphatic hydroxyl groups excluding tert-OH is 1. The largest absolute Gasteiger partial charge is 0.394 e. The van der Waals surface area contributed by atoms with Crippen LogP contribution in [0, 0.1) is 0 Å². The first-order chi connectivity index (χ1) is 7.85. The second-order valence-electron chi connectivity index (χ2n) is 4.73. The molecule has 0 unspecified atom stereocenters. The number of hydrogen-bond acceptors (Lipinski definition) is 3. The quantitative estimate of drug-likeness (QED) is 0.712. The third kappa shape index (κ3) is 2.83. The van der Waals surface area contributed by atoms with E-state index in [0.29, 0.717) is 0 Å². The Hall–Kier alpha value is -0.870. The summed E-state index contributed by atoms with van der Waals surface area (Å²) < 4.78 is 2.09. The van der Waals surface area contributed by atoms with Gasteiger partial charge in [0.1, 0.15) is 0 Å². The van der Waals surface area contributed by atoms with E-state index >= 15 is 0 Å². The molecule has 1 aliphatic carbocycles. The Balaban J connectivity index is 1.67. The molecule has 1 fully saturated rings. The average molecular weight is 223 g/mol. The van der Waals surface area contributed by atoms with Crippen LogP contribution in [0.4, 0.5) is 0 Å². The predicted octanol–water partition coefficient (Wildman–Crippen LogP) is 1.17. The van der Waals surface area contributed by atoms with E-state index in [-0.39, 0.29) is 12.1 Å². The zero-order valence-corrected chi connectivity index (χ0v) is 9.73. The summed E-state index contributed by atoms with van der Waals surface area (Å²) in [4.78, 5) is 4.01. The van der Waals surface area contributed by atoms with Crippen LogP contribution < -0.4 is 5.32 Å². The summed E-state index contributed by atoms with van der Waals surface area (Å²) in [5.41, 5.74) is 0.0228. The number of rotatable bonds is 6. The molecule has 0 atom stereocenters. The molecule has 1 aromatic rings. The van der Waals surface area contributed by atoms with Gasteiger partial charge in [-0.05, 0) is 25.8 Å². The van der Waals surface area contributed by atoms with Crippen molar-refractivity contribution in [3.05, 3.63) is 18.7 Å². The molecule has 1 aromatic heterocycles. The van der Waals surface area contributed by atoms with Crippen LogP contribution in [0.1, 0.15) is 32.1 Å². The molecule has 1 saturated carbocycles. The highest BCUT2D eigenvalue weighted by atomic mass is 16.3. The molecule has 16 heavy (non-hydrogen) atoms. The minimum atomic E-state index is 0.0228. The molecule has 0 spiro atoms. The van der Waals surface area contributed by atoms with Crippen molar-refractivity contribution in [2.75, 3.05) is 13.2 Å². The van der Waals surface area contributed by atoms with Gasteiger partial charge in [-0.2, -0.15) is 0 Å². The second-order valence-corrected chi connectivity index (χ2v) is 4.73. The first kappa shape index (κ1) is 11.6. The van der Waals surface area contributed by atoms with Gasteiger partial charge < -0.3 is 15.0 Å². The average Bonchev–Trinajstić information content (AvgIpc) is 2.97. The van der Waals surface area contributed by atoms with Gasteiger partial charge in [-0.25, -0.2) is 4.98 Å². The molecule has 2 rings (SSSR count). The smallest absolute Gasteiger partial charge is 0.0945 e. The van der Waals surface area contributed by atoms with Crippen molar-refractivity contribution in [1.29, 1.82) is 0 Å². The van der Waals surface area contributed by atoms with Crippen LogP contribution in [0.15, 0.2) is 18.7 Å². The Morgan fingerprint density at radius 3 is 2.81 bits per heavy atom. The minimum Gasteiger partial charge on any atom is -0.394 e. The van der Waals surface area contributed by atoms with Crippen molar-refractivity contribution in [2.24, 2.45) is 0 Å². The monoisotopic (exact) mass is 223 g/mol. The number of aliphatic hydroxyl groups is 1. The molecule has 0 radical (unpaired) electrons. The lowest BCUT2D eigenvalue weighted by molar-refractivity contribution is 0.164. The van der Waals surface area contributed by atoms with Gasteiger partial charge in [-0.15, -0.1) is 0 Å². The summed E-state index contributed by atoms with van der Waals surface area (Å²) in [7, 11) is 0. The normalized spacial score (nSPS) is 19.1. The Kier molecular flexibility index (Phi) is 3.96. The van der Waals surface area contributed by atoms with E-state index < -0.39 is 0 Å². The van der Waals surface area contributed by atoms with Gasteiger partial charge in [-0.1, -0.05) is 12.8 Å². The second kappa shape index (κ2) is 5.46. The van der Waals surface area contributed by atoms with Gasteiger partial charge in [0.05, 0.1) is 12.9 Å². The summed E-state index contributed by atoms with van der Waals surface area (Å²) in [6.45, 7) is 2.24. The maximum atomic E-state index is 9.42. The zero-order chi connectivity index (χ0) is 11.3. The van der Waals surface area contributed by atoms with Gasteiger partial charge in [0.25, 0.3) is 0 Å². The highest BCUT2D eigenvalue weighted by Crippen LogP contribution is 2.28. The molecule has 1 aliphatic rings. The molecule has 0 aliphatic heterocycles. The maximum absolute atomic E-state index is 9.42. The third-order valence-corrected chi connectivity index (χ3v) is 3.52. The van der Waals surface area contributed by atoms with E-state index in [4.69, 9.17) is 0 Å². The lowest BCUT2D eigenvalue weighted by Gasteiger charge is -2.28. The van der Waals surface area contributed by atoms with E-state index in [1.165, 1.54) is 12.8 Å². The van der Waals surface area contributed by atoms with Gasteiger partial charge in [0.2, 0.25) is 0 Å². The van der Waals surface area contributed by atoms with Crippen LogP contribution in [-0.4, -0.2) is 33.3 Å². The summed E-state index contributed by atoms with van der Waals surface area (Å²) in [6, 6.07) is 0. The number of nitrogens with one attached hydrogen (secondary N) is 1. The fourth-order valence-electron chi connectivity index (χ4n) is 2.48. The van der Waals surface area contributed by atoms with Crippen molar-refractivity contribution in [1.82, 2.24) is 14.9 Å². The first-order valence-corrected chi connectivity index (χ1v) is 6.16. The number of aryl methyl sites for hydroxylation is 1. The number of aromatic nitrogens is 2. The predicted molar refractivity (Wildman–Crippen MR) is 63.1 cm³/mol. The van der Waals surface area contributed by atoms with Crippen LogP contribution in [0.5, 0.6) is 0 Å². The lowest BCUT2D eigenvalue weighted by Crippen LogP contribution is -2.46. The van der Waals surface area contributed by atoms with E-state index in [2.05, 4.69) is 14.9 Å². The molecular weight excluding hydrogens is 202 g/mol. The van der Waals surface area contributed by atoms with Crippen LogP contribution in [-0.2, 0) is 6.54 Å². The Bertz CT molecular complexity index is 291. The Morgan fingerprint density at radius 1 is 1.38 bits per heavy atom. The lowest BCUT2D eigenvalue weighted by atomic mass is 9.99. The first-order valence-electron chi connectivity index (χ1n) is 6.16. The summed E-state index contributed by atoms with van der Waals surface area (Å²) in [6.07, 6.45) is 11.4. The maximum Gasteiger partial charge on any atom is 0.0945 e. The van der Waals surface area contributed by atoms with Crippen molar-refractivity contribution in [3.8, 4) is 0 Å². The third-order valence-electron chi connectivity index (χ3n) is 3.52. The molecule has 4 nitrogen and oxygen atoms in total. The molecule has 0 aromatic carbocycles. The van der Waals surface area contributed by atoms with Crippen molar-refractivity contribution < 1.29 is 5.11 Å². The summed E-state index contributed by atoms with van der Waals surface area (Å²) in [5, 5.41) is 12.9. The number of nitrogens with zero attached hydrogens (tertiary/aromatic N) is 2.